The van der Waals surface area contributed by atoms with Gasteiger partial charge in [0.15, 0.2) is 0 Å². The van der Waals surface area contributed by atoms with Crippen LogP contribution in [0.4, 0.5) is 5.69 Å². The van der Waals surface area contributed by atoms with Gasteiger partial charge < -0.3 is 20.5 Å². The molecule has 5 heteroatoms. The number of para-hydroxylation sites is 2. The molecule has 3 N–H and O–H groups in total. The Balaban J connectivity index is 2.11. The molecular weight excluding hydrogens is 232 g/mol. The third-order valence-corrected chi connectivity index (χ3v) is 3.06. The van der Waals surface area contributed by atoms with E-state index in [4.69, 9.17) is 15.2 Å². The van der Waals surface area contributed by atoms with E-state index in [0.717, 1.165) is 0 Å². The smallest absolute Gasteiger partial charge is 0.236 e. The number of amides is 1. The maximum absolute atomic E-state index is 12.2. The summed E-state index contributed by atoms with van der Waals surface area (Å²) in [5.74, 6) is 0.559. The number of carbonyl (C=O) groups is 1. The fraction of sp³-hybridized carbons (Fsp3) is 0.462. The molecule has 0 bridgehead atoms. The minimum Gasteiger partial charge on any atom is -0.492 e. The molecule has 1 aromatic carbocycles. The van der Waals surface area contributed by atoms with Crippen LogP contribution in [0.3, 0.4) is 0 Å². The Labute approximate surface area is 106 Å². The Bertz CT molecular complexity index is 424. The molecule has 1 heterocycles. The predicted octanol–water partition coefficient (Wildman–Crippen LogP) is 0.999. The highest BCUT2D eigenvalue weighted by Crippen LogP contribution is 2.30. The first-order valence-corrected chi connectivity index (χ1v) is 6.03. The zero-order valence-electron chi connectivity index (χ0n) is 10.4. The van der Waals surface area contributed by atoms with Crippen molar-refractivity contribution in [1.29, 1.82) is 0 Å². The normalized spacial score (nSPS) is 16.8. The number of ether oxygens (including phenoxy) is 2. The maximum Gasteiger partial charge on any atom is 0.236 e. The molecule has 2 rings (SSSR count). The number of anilines is 1. The van der Waals surface area contributed by atoms with Crippen LogP contribution in [0.5, 0.6) is 5.75 Å². The van der Waals surface area contributed by atoms with Crippen molar-refractivity contribution < 1.29 is 14.3 Å². The van der Waals surface area contributed by atoms with Crippen molar-refractivity contribution in [1.82, 2.24) is 0 Å². The molecule has 0 saturated carbocycles. The van der Waals surface area contributed by atoms with Gasteiger partial charge in [0, 0.05) is 6.54 Å². The molecular formula is C13H18N2O3. The predicted molar refractivity (Wildman–Crippen MR) is 68.5 cm³/mol. The van der Waals surface area contributed by atoms with Gasteiger partial charge in [-0.05, 0) is 19.1 Å². The fourth-order valence-electron chi connectivity index (χ4n) is 1.80. The Hall–Kier alpha value is -1.59. The second-order valence-electron chi connectivity index (χ2n) is 4.36. The molecule has 5 nitrogen and oxygen atoms in total. The summed E-state index contributed by atoms with van der Waals surface area (Å²) < 4.78 is 10.6. The molecule has 0 atom stereocenters. The van der Waals surface area contributed by atoms with Gasteiger partial charge in [0.05, 0.1) is 25.5 Å². The van der Waals surface area contributed by atoms with Crippen molar-refractivity contribution in [3.8, 4) is 5.75 Å². The Morgan fingerprint density at radius 1 is 1.50 bits per heavy atom. The second-order valence-corrected chi connectivity index (χ2v) is 4.36. The van der Waals surface area contributed by atoms with Gasteiger partial charge in [-0.3, -0.25) is 4.79 Å². The number of hydrogen-bond donors (Lipinski definition) is 2. The van der Waals surface area contributed by atoms with E-state index in [2.05, 4.69) is 5.32 Å². The second kappa shape index (κ2) is 5.37. The maximum atomic E-state index is 12.2. The van der Waals surface area contributed by atoms with E-state index in [-0.39, 0.29) is 12.5 Å². The summed E-state index contributed by atoms with van der Waals surface area (Å²) in [6, 6.07) is 7.36. The lowest BCUT2D eigenvalue weighted by Crippen LogP contribution is -2.56. The number of carbonyl (C=O) groups excluding carboxylic acids is 1. The molecule has 98 valence electrons. The first-order valence-electron chi connectivity index (χ1n) is 6.03. The van der Waals surface area contributed by atoms with Crippen LogP contribution >= 0.6 is 0 Å². The fourth-order valence-corrected chi connectivity index (χ4v) is 1.80. The van der Waals surface area contributed by atoms with Crippen LogP contribution < -0.4 is 15.8 Å². The van der Waals surface area contributed by atoms with Gasteiger partial charge in [-0.2, -0.15) is 0 Å². The highest BCUT2D eigenvalue weighted by atomic mass is 16.5. The first kappa shape index (κ1) is 12.9. The molecule has 18 heavy (non-hydrogen) atoms. The third kappa shape index (κ3) is 2.32. The van der Waals surface area contributed by atoms with E-state index < -0.39 is 5.41 Å². The monoisotopic (exact) mass is 250 g/mol. The van der Waals surface area contributed by atoms with Gasteiger partial charge in [0.2, 0.25) is 5.91 Å². The molecule has 0 radical (unpaired) electrons. The number of hydrogen-bond acceptors (Lipinski definition) is 4. The van der Waals surface area contributed by atoms with Gasteiger partial charge in [0.1, 0.15) is 11.2 Å². The SMILES string of the molecule is CCOc1ccccc1NC(=O)C1(CN)COC1. The van der Waals surface area contributed by atoms with Crippen molar-refractivity contribution in [2.75, 3.05) is 31.7 Å². The van der Waals surface area contributed by atoms with Crippen molar-refractivity contribution in [2.24, 2.45) is 11.1 Å². The molecule has 1 aromatic rings. The van der Waals surface area contributed by atoms with Crippen LogP contribution in [0, 0.1) is 5.41 Å². The number of nitrogens with one attached hydrogen (secondary N) is 1. The Morgan fingerprint density at radius 3 is 2.78 bits per heavy atom. The zero-order chi connectivity index (χ0) is 13.0. The Morgan fingerprint density at radius 2 is 2.22 bits per heavy atom. The number of rotatable bonds is 5. The van der Waals surface area contributed by atoms with E-state index in [0.29, 0.717) is 31.3 Å². The minimum atomic E-state index is -0.584. The molecule has 0 aliphatic carbocycles. The van der Waals surface area contributed by atoms with E-state index in [1.165, 1.54) is 0 Å². The van der Waals surface area contributed by atoms with Gasteiger partial charge in [0.25, 0.3) is 0 Å². The van der Waals surface area contributed by atoms with Crippen molar-refractivity contribution in [3.05, 3.63) is 24.3 Å². The first-order chi connectivity index (χ1) is 8.72. The lowest BCUT2D eigenvalue weighted by atomic mass is 9.85. The largest absolute Gasteiger partial charge is 0.492 e. The van der Waals surface area contributed by atoms with Crippen molar-refractivity contribution in [3.63, 3.8) is 0 Å². The van der Waals surface area contributed by atoms with E-state index in [1.807, 2.05) is 31.2 Å². The molecule has 1 aliphatic heterocycles. The summed E-state index contributed by atoms with van der Waals surface area (Å²) in [4.78, 5) is 12.2. The van der Waals surface area contributed by atoms with E-state index in [1.54, 1.807) is 0 Å². The summed E-state index contributed by atoms with van der Waals surface area (Å²) in [5.41, 5.74) is 5.73. The average molecular weight is 250 g/mol. The zero-order valence-corrected chi connectivity index (χ0v) is 10.4. The van der Waals surface area contributed by atoms with Crippen LogP contribution in [0.15, 0.2) is 24.3 Å². The number of benzene rings is 1. The molecule has 1 saturated heterocycles. The summed E-state index contributed by atoms with van der Waals surface area (Å²) in [7, 11) is 0. The van der Waals surface area contributed by atoms with Gasteiger partial charge in [-0.15, -0.1) is 0 Å². The number of nitrogens with two attached hydrogens (primary N) is 1. The topological polar surface area (TPSA) is 73.6 Å². The lowest BCUT2D eigenvalue weighted by molar-refractivity contribution is -0.153. The highest BCUT2D eigenvalue weighted by Gasteiger charge is 2.44. The van der Waals surface area contributed by atoms with Gasteiger partial charge >= 0.3 is 0 Å². The highest BCUT2D eigenvalue weighted by molar-refractivity contribution is 5.97. The van der Waals surface area contributed by atoms with Gasteiger partial charge in [-0.1, -0.05) is 12.1 Å². The van der Waals surface area contributed by atoms with Crippen LogP contribution in [0.1, 0.15) is 6.92 Å². The summed E-state index contributed by atoms with van der Waals surface area (Å²) in [6.45, 7) is 3.51. The molecule has 1 aliphatic rings. The van der Waals surface area contributed by atoms with Crippen LogP contribution in [-0.2, 0) is 9.53 Å². The average Bonchev–Trinajstić information content (AvgIpc) is 2.31. The van der Waals surface area contributed by atoms with E-state index in [9.17, 15) is 4.79 Å². The van der Waals surface area contributed by atoms with Crippen molar-refractivity contribution in [2.45, 2.75) is 6.92 Å². The third-order valence-electron chi connectivity index (χ3n) is 3.06. The van der Waals surface area contributed by atoms with Crippen LogP contribution in [0.25, 0.3) is 0 Å². The lowest BCUT2D eigenvalue weighted by Gasteiger charge is -2.38. The molecule has 0 spiro atoms. The van der Waals surface area contributed by atoms with Crippen molar-refractivity contribution >= 4 is 11.6 Å². The summed E-state index contributed by atoms with van der Waals surface area (Å²) >= 11 is 0. The van der Waals surface area contributed by atoms with Crippen LogP contribution in [0.2, 0.25) is 0 Å². The molecule has 0 unspecified atom stereocenters. The quantitative estimate of drug-likeness (QED) is 0.817. The standard InChI is InChI=1S/C13H18N2O3/c1-2-18-11-6-4-3-5-10(11)15-12(16)13(7-14)8-17-9-13/h3-6H,2,7-9,14H2,1H3,(H,15,16). The molecule has 1 amide bonds. The summed E-state index contributed by atoms with van der Waals surface area (Å²) in [5, 5.41) is 2.87. The summed E-state index contributed by atoms with van der Waals surface area (Å²) in [6.07, 6.45) is 0. The minimum absolute atomic E-state index is 0.108. The Kier molecular flexibility index (Phi) is 3.84. The molecule has 1 fully saturated rings. The van der Waals surface area contributed by atoms with Gasteiger partial charge in [-0.25, -0.2) is 0 Å². The molecule has 0 aromatic heterocycles. The van der Waals surface area contributed by atoms with Crippen LogP contribution in [-0.4, -0.2) is 32.3 Å². The van der Waals surface area contributed by atoms with E-state index >= 15 is 0 Å².